The average molecular weight is 286 g/mol. The number of rotatable bonds is 5. The Labute approximate surface area is 125 Å². The van der Waals surface area contributed by atoms with E-state index in [1.54, 1.807) is 4.80 Å². The first-order valence-electron chi connectivity index (χ1n) is 7.59. The van der Waals surface area contributed by atoms with Crippen LogP contribution >= 0.6 is 0 Å². The highest BCUT2D eigenvalue weighted by Gasteiger charge is 2.11. The van der Waals surface area contributed by atoms with Gasteiger partial charge in [-0.1, -0.05) is 17.2 Å². The van der Waals surface area contributed by atoms with Gasteiger partial charge >= 0.3 is 0 Å². The molecule has 0 atom stereocenters. The quantitative estimate of drug-likeness (QED) is 0.915. The summed E-state index contributed by atoms with van der Waals surface area (Å²) in [6.07, 6.45) is 2.61. The summed E-state index contributed by atoms with van der Waals surface area (Å²) in [7, 11) is 0. The molecule has 6 nitrogen and oxygen atoms in total. The molecule has 1 aromatic carbocycles. The molecule has 0 radical (unpaired) electrons. The molecule has 0 saturated carbocycles. The van der Waals surface area contributed by atoms with Crippen LogP contribution in [0.1, 0.15) is 38.3 Å². The lowest BCUT2D eigenvalue weighted by atomic mass is 10.2. The van der Waals surface area contributed by atoms with Crippen molar-refractivity contribution in [2.24, 2.45) is 0 Å². The number of nitrogens with zero attached hydrogens (tertiary/aromatic N) is 5. The van der Waals surface area contributed by atoms with Gasteiger partial charge in [-0.15, -0.1) is 5.10 Å². The molecule has 21 heavy (non-hydrogen) atoms. The Bertz CT molecular complexity index is 568. The van der Waals surface area contributed by atoms with Crippen molar-refractivity contribution in [3.8, 4) is 0 Å². The zero-order chi connectivity index (χ0) is 14.7. The smallest absolute Gasteiger partial charge is 0.263 e. The second-order valence-corrected chi connectivity index (χ2v) is 5.74. The van der Waals surface area contributed by atoms with E-state index in [1.165, 1.54) is 37.2 Å². The third-order valence-corrected chi connectivity index (χ3v) is 3.75. The molecule has 1 aliphatic heterocycles. The topological polar surface area (TPSA) is 58.9 Å². The van der Waals surface area contributed by atoms with Gasteiger partial charge in [0.25, 0.3) is 5.95 Å². The van der Waals surface area contributed by atoms with E-state index in [2.05, 4.69) is 49.9 Å². The summed E-state index contributed by atoms with van der Waals surface area (Å²) in [5.41, 5.74) is 2.54. The third-order valence-electron chi connectivity index (χ3n) is 3.75. The number of hydrogen-bond donors (Lipinski definition) is 1. The molecular formula is C15H22N6. The first kappa shape index (κ1) is 13.9. The van der Waals surface area contributed by atoms with E-state index in [4.69, 9.17) is 0 Å². The Kier molecular flexibility index (Phi) is 4.03. The molecular weight excluding hydrogens is 264 g/mol. The van der Waals surface area contributed by atoms with Crippen LogP contribution < -0.4 is 10.2 Å². The van der Waals surface area contributed by atoms with Crippen LogP contribution in [0.25, 0.3) is 0 Å². The lowest BCUT2D eigenvalue weighted by Crippen LogP contribution is -2.17. The van der Waals surface area contributed by atoms with E-state index >= 15 is 0 Å². The Morgan fingerprint density at radius 3 is 2.48 bits per heavy atom. The fourth-order valence-corrected chi connectivity index (χ4v) is 2.50. The molecule has 0 unspecified atom stereocenters. The number of benzene rings is 1. The SMILES string of the molecule is CC(C)n1nnc(NCc2ccc(N3CCCC3)cc2)n1. The van der Waals surface area contributed by atoms with E-state index in [0.717, 1.165) is 0 Å². The number of hydrogen-bond acceptors (Lipinski definition) is 5. The van der Waals surface area contributed by atoms with Crippen LogP contribution in [0.2, 0.25) is 0 Å². The van der Waals surface area contributed by atoms with Crippen LogP contribution in [0, 0.1) is 0 Å². The summed E-state index contributed by atoms with van der Waals surface area (Å²) in [6.45, 7) is 7.13. The molecule has 1 fully saturated rings. The van der Waals surface area contributed by atoms with Crippen molar-refractivity contribution in [2.75, 3.05) is 23.3 Å². The minimum Gasteiger partial charge on any atom is -0.372 e. The Hall–Kier alpha value is -2.11. The van der Waals surface area contributed by atoms with Crippen LogP contribution in [0.3, 0.4) is 0 Å². The van der Waals surface area contributed by atoms with Crippen molar-refractivity contribution in [3.05, 3.63) is 29.8 Å². The minimum atomic E-state index is 0.229. The number of aromatic nitrogens is 4. The van der Waals surface area contributed by atoms with Gasteiger partial charge in [0, 0.05) is 25.3 Å². The van der Waals surface area contributed by atoms with Gasteiger partial charge in [-0.2, -0.15) is 4.80 Å². The second kappa shape index (κ2) is 6.11. The Morgan fingerprint density at radius 2 is 1.86 bits per heavy atom. The van der Waals surface area contributed by atoms with Crippen molar-refractivity contribution < 1.29 is 0 Å². The van der Waals surface area contributed by atoms with Crippen LogP contribution in [0.15, 0.2) is 24.3 Å². The summed E-state index contributed by atoms with van der Waals surface area (Å²) in [5.74, 6) is 0.576. The first-order chi connectivity index (χ1) is 10.2. The van der Waals surface area contributed by atoms with Crippen molar-refractivity contribution in [3.63, 3.8) is 0 Å². The molecule has 0 aliphatic carbocycles. The predicted molar refractivity (Wildman–Crippen MR) is 83.4 cm³/mol. The molecule has 2 heterocycles. The molecule has 1 saturated heterocycles. The minimum absolute atomic E-state index is 0.229. The number of anilines is 2. The zero-order valence-corrected chi connectivity index (χ0v) is 12.7. The third kappa shape index (κ3) is 3.32. The fraction of sp³-hybridized carbons (Fsp3) is 0.533. The second-order valence-electron chi connectivity index (χ2n) is 5.74. The average Bonchev–Trinajstić information content (AvgIpc) is 3.17. The van der Waals surface area contributed by atoms with E-state index in [1.807, 2.05) is 13.8 Å². The normalized spacial score (nSPS) is 14.9. The monoisotopic (exact) mass is 286 g/mol. The molecule has 2 aromatic rings. The van der Waals surface area contributed by atoms with Gasteiger partial charge in [-0.05, 0) is 49.6 Å². The summed E-state index contributed by atoms with van der Waals surface area (Å²) < 4.78 is 0. The number of nitrogens with one attached hydrogen (secondary N) is 1. The molecule has 6 heteroatoms. The van der Waals surface area contributed by atoms with Crippen LogP contribution in [0.5, 0.6) is 0 Å². The predicted octanol–water partition coefficient (Wildman–Crippen LogP) is 2.47. The Morgan fingerprint density at radius 1 is 1.14 bits per heavy atom. The molecule has 1 N–H and O–H groups in total. The molecule has 0 spiro atoms. The van der Waals surface area contributed by atoms with Crippen molar-refractivity contribution in [2.45, 2.75) is 39.3 Å². The summed E-state index contributed by atoms with van der Waals surface area (Å²) in [4.78, 5) is 4.05. The highest BCUT2D eigenvalue weighted by molar-refractivity contribution is 5.48. The fourth-order valence-electron chi connectivity index (χ4n) is 2.50. The summed E-state index contributed by atoms with van der Waals surface area (Å²) in [6, 6.07) is 8.94. The van der Waals surface area contributed by atoms with Crippen LogP contribution in [-0.2, 0) is 6.54 Å². The van der Waals surface area contributed by atoms with Gasteiger partial charge in [0.1, 0.15) is 0 Å². The van der Waals surface area contributed by atoms with E-state index in [9.17, 15) is 0 Å². The molecule has 112 valence electrons. The molecule has 1 aliphatic rings. The van der Waals surface area contributed by atoms with Crippen molar-refractivity contribution in [1.29, 1.82) is 0 Å². The maximum atomic E-state index is 4.28. The van der Waals surface area contributed by atoms with Crippen LogP contribution in [0.4, 0.5) is 11.6 Å². The van der Waals surface area contributed by atoms with Gasteiger partial charge in [0.05, 0.1) is 6.04 Å². The van der Waals surface area contributed by atoms with Gasteiger partial charge in [0.2, 0.25) is 0 Å². The largest absolute Gasteiger partial charge is 0.372 e. The van der Waals surface area contributed by atoms with Gasteiger partial charge < -0.3 is 10.2 Å². The lowest BCUT2D eigenvalue weighted by Gasteiger charge is -2.17. The Balaban J connectivity index is 1.57. The van der Waals surface area contributed by atoms with Gasteiger partial charge in [-0.3, -0.25) is 0 Å². The van der Waals surface area contributed by atoms with E-state index in [-0.39, 0.29) is 6.04 Å². The summed E-state index contributed by atoms with van der Waals surface area (Å²) in [5, 5.41) is 15.5. The molecule has 1 aromatic heterocycles. The van der Waals surface area contributed by atoms with Crippen molar-refractivity contribution >= 4 is 11.6 Å². The van der Waals surface area contributed by atoms with Gasteiger partial charge in [0.15, 0.2) is 0 Å². The van der Waals surface area contributed by atoms with Crippen LogP contribution in [-0.4, -0.2) is 33.3 Å². The standard InChI is InChI=1S/C15H22N6/c1-12(2)21-18-15(17-19-21)16-11-13-5-7-14(8-6-13)20-9-3-4-10-20/h5-8,12H,3-4,9-11H2,1-2H3,(H,16,18). The maximum Gasteiger partial charge on any atom is 0.263 e. The first-order valence-corrected chi connectivity index (χ1v) is 7.59. The maximum absolute atomic E-state index is 4.28. The molecule has 0 bridgehead atoms. The molecule has 3 rings (SSSR count). The zero-order valence-electron chi connectivity index (χ0n) is 12.7. The highest BCUT2D eigenvalue weighted by Crippen LogP contribution is 2.20. The van der Waals surface area contributed by atoms with E-state index in [0.29, 0.717) is 12.5 Å². The number of tetrazole rings is 1. The van der Waals surface area contributed by atoms with Gasteiger partial charge in [-0.25, -0.2) is 0 Å². The molecule has 0 amide bonds. The summed E-state index contributed by atoms with van der Waals surface area (Å²) >= 11 is 0. The lowest BCUT2D eigenvalue weighted by molar-refractivity contribution is 0.455. The van der Waals surface area contributed by atoms with E-state index < -0.39 is 0 Å². The van der Waals surface area contributed by atoms with Crippen molar-refractivity contribution in [1.82, 2.24) is 20.2 Å². The highest BCUT2D eigenvalue weighted by atomic mass is 15.6.